The number of nitrogens with zero attached hydrogens (tertiary/aromatic N) is 2. The minimum absolute atomic E-state index is 0.0966. The van der Waals surface area contributed by atoms with Crippen LogP contribution >= 0.6 is 0 Å². The van der Waals surface area contributed by atoms with Crippen molar-refractivity contribution in [2.45, 2.75) is 20.4 Å². The van der Waals surface area contributed by atoms with Crippen LogP contribution in [-0.2, 0) is 6.54 Å². The molecule has 1 aromatic heterocycles. The first-order valence-electron chi connectivity index (χ1n) is 7.56. The lowest BCUT2D eigenvalue weighted by Gasteiger charge is -2.08. The second-order valence-corrected chi connectivity index (χ2v) is 5.73. The van der Waals surface area contributed by atoms with E-state index in [1.807, 2.05) is 67.2 Å². The summed E-state index contributed by atoms with van der Waals surface area (Å²) in [5, 5.41) is 7.13. The average molecular weight is 305 g/mol. The highest BCUT2D eigenvalue weighted by Crippen LogP contribution is 2.15. The molecule has 0 atom stereocenters. The summed E-state index contributed by atoms with van der Waals surface area (Å²) in [7, 11) is 0. The fraction of sp³-hybridized carbons (Fsp3) is 0.158. The molecular formula is C19H19N3O. The number of aryl methyl sites for hydroxylation is 2. The Morgan fingerprint density at radius 2 is 1.78 bits per heavy atom. The summed E-state index contributed by atoms with van der Waals surface area (Å²) in [6, 6.07) is 15.5. The summed E-state index contributed by atoms with van der Waals surface area (Å²) < 4.78 is 1.85. The Morgan fingerprint density at radius 3 is 2.39 bits per heavy atom. The molecule has 4 heteroatoms. The zero-order chi connectivity index (χ0) is 16.2. The fourth-order valence-corrected chi connectivity index (χ4v) is 2.59. The lowest BCUT2D eigenvalue weighted by atomic mass is 10.1. The van der Waals surface area contributed by atoms with Gasteiger partial charge < -0.3 is 5.32 Å². The van der Waals surface area contributed by atoms with Gasteiger partial charge in [-0.05, 0) is 60.9 Å². The molecule has 0 saturated carbocycles. The second kappa shape index (κ2) is 6.48. The van der Waals surface area contributed by atoms with E-state index in [9.17, 15) is 4.79 Å². The minimum Gasteiger partial charge on any atom is -0.322 e. The van der Waals surface area contributed by atoms with E-state index in [1.165, 1.54) is 0 Å². The third-order valence-electron chi connectivity index (χ3n) is 3.60. The van der Waals surface area contributed by atoms with E-state index >= 15 is 0 Å². The molecule has 1 heterocycles. The van der Waals surface area contributed by atoms with Gasteiger partial charge in [-0.1, -0.05) is 18.2 Å². The topological polar surface area (TPSA) is 46.9 Å². The van der Waals surface area contributed by atoms with Crippen molar-refractivity contribution in [1.82, 2.24) is 9.78 Å². The van der Waals surface area contributed by atoms with Gasteiger partial charge in [0, 0.05) is 23.6 Å². The van der Waals surface area contributed by atoms with E-state index in [-0.39, 0.29) is 5.91 Å². The molecule has 0 aliphatic heterocycles. The first-order chi connectivity index (χ1) is 11.1. The fourth-order valence-electron chi connectivity index (χ4n) is 2.59. The van der Waals surface area contributed by atoms with Crippen LogP contribution in [0.15, 0.2) is 60.9 Å². The van der Waals surface area contributed by atoms with Crippen LogP contribution in [0.4, 0.5) is 5.69 Å². The maximum atomic E-state index is 12.3. The van der Waals surface area contributed by atoms with Gasteiger partial charge in [0.1, 0.15) is 0 Å². The lowest BCUT2D eigenvalue weighted by Crippen LogP contribution is -2.12. The molecule has 0 aliphatic carbocycles. The molecule has 0 unspecified atom stereocenters. The first-order valence-corrected chi connectivity index (χ1v) is 7.56. The number of amides is 1. The Balaban J connectivity index is 1.70. The van der Waals surface area contributed by atoms with Crippen molar-refractivity contribution in [3.8, 4) is 0 Å². The van der Waals surface area contributed by atoms with Crippen molar-refractivity contribution in [2.24, 2.45) is 0 Å². The maximum absolute atomic E-state index is 12.3. The molecule has 1 N–H and O–H groups in total. The van der Waals surface area contributed by atoms with Gasteiger partial charge in [0.2, 0.25) is 0 Å². The molecule has 116 valence electrons. The summed E-state index contributed by atoms with van der Waals surface area (Å²) in [6.45, 7) is 4.74. The molecule has 0 aliphatic rings. The Labute approximate surface area is 135 Å². The van der Waals surface area contributed by atoms with E-state index in [2.05, 4.69) is 16.5 Å². The molecule has 3 rings (SSSR count). The Hall–Kier alpha value is -2.88. The summed E-state index contributed by atoms with van der Waals surface area (Å²) in [5.41, 5.74) is 4.85. The molecule has 0 saturated heterocycles. The van der Waals surface area contributed by atoms with Gasteiger partial charge in [0.25, 0.3) is 5.91 Å². The zero-order valence-electron chi connectivity index (χ0n) is 13.3. The molecule has 3 aromatic rings. The molecule has 0 spiro atoms. The number of hydrogen-bond acceptors (Lipinski definition) is 2. The predicted molar refractivity (Wildman–Crippen MR) is 91.6 cm³/mol. The maximum Gasteiger partial charge on any atom is 0.255 e. The van der Waals surface area contributed by atoms with Crippen LogP contribution in [0.3, 0.4) is 0 Å². The first kappa shape index (κ1) is 15.0. The van der Waals surface area contributed by atoms with Crippen LogP contribution in [0.1, 0.15) is 27.0 Å². The number of nitrogens with one attached hydrogen (secondary N) is 1. The summed E-state index contributed by atoms with van der Waals surface area (Å²) >= 11 is 0. The predicted octanol–water partition coefficient (Wildman–Crippen LogP) is 3.80. The smallest absolute Gasteiger partial charge is 0.255 e. The van der Waals surface area contributed by atoms with Crippen LogP contribution in [0.25, 0.3) is 0 Å². The molecule has 1 amide bonds. The van der Waals surface area contributed by atoms with Gasteiger partial charge >= 0.3 is 0 Å². The number of carbonyl (C=O) groups excluding carboxylic acids is 1. The minimum atomic E-state index is -0.0966. The van der Waals surface area contributed by atoms with E-state index < -0.39 is 0 Å². The molecule has 4 nitrogen and oxygen atoms in total. The van der Waals surface area contributed by atoms with Crippen molar-refractivity contribution in [3.05, 3.63) is 83.2 Å². The van der Waals surface area contributed by atoms with E-state index in [4.69, 9.17) is 0 Å². The number of rotatable bonds is 4. The molecular weight excluding hydrogens is 286 g/mol. The second-order valence-electron chi connectivity index (χ2n) is 5.73. The number of benzene rings is 2. The van der Waals surface area contributed by atoms with Crippen molar-refractivity contribution in [3.63, 3.8) is 0 Å². The summed E-state index contributed by atoms with van der Waals surface area (Å²) in [5.74, 6) is -0.0966. The number of aromatic nitrogens is 2. The van der Waals surface area contributed by atoms with Gasteiger partial charge in [-0.3, -0.25) is 9.48 Å². The largest absolute Gasteiger partial charge is 0.322 e. The highest BCUT2D eigenvalue weighted by atomic mass is 16.1. The number of anilines is 1. The van der Waals surface area contributed by atoms with E-state index in [0.29, 0.717) is 12.1 Å². The van der Waals surface area contributed by atoms with Gasteiger partial charge in [-0.2, -0.15) is 5.10 Å². The SMILES string of the molecule is Cc1cc(C)cc(NC(=O)c2ccc(Cn3cccn3)cc2)c1. The normalized spacial score (nSPS) is 10.5. The monoisotopic (exact) mass is 305 g/mol. The van der Waals surface area contributed by atoms with E-state index in [1.54, 1.807) is 6.20 Å². The highest BCUT2D eigenvalue weighted by molar-refractivity contribution is 6.04. The van der Waals surface area contributed by atoms with Crippen molar-refractivity contribution >= 4 is 11.6 Å². The van der Waals surface area contributed by atoms with Gasteiger partial charge in [0.15, 0.2) is 0 Å². The number of hydrogen-bond donors (Lipinski definition) is 1. The van der Waals surface area contributed by atoms with Gasteiger partial charge in [-0.15, -0.1) is 0 Å². The van der Waals surface area contributed by atoms with Gasteiger partial charge in [0.05, 0.1) is 6.54 Å². The van der Waals surface area contributed by atoms with Crippen molar-refractivity contribution in [1.29, 1.82) is 0 Å². The summed E-state index contributed by atoms with van der Waals surface area (Å²) in [6.07, 6.45) is 3.67. The third-order valence-corrected chi connectivity index (χ3v) is 3.60. The summed E-state index contributed by atoms with van der Waals surface area (Å²) in [4.78, 5) is 12.3. The molecule has 23 heavy (non-hydrogen) atoms. The van der Waals surface area contributed by atoms with Crippen LogP contribution in [0.5, 0.6) is 0 Å². The number of carbonyl (C=O) groups is 1. The highest BCUT2D eigenvalue weighted by Gasteiger charge is 2.07. The van der Waals surface area contributed by atoms with Crippen LogP contribution in [-0.4, -0.2) is 15.7 Å². The quantitative estimate of drug-likeness (QED) is 0.797. The Kier molecular flexibility index (Phi) is 4.24. The molecule has 0 bridgehead atoms. The Bertz CT molecular complexity index is 785. The third kappa shape index (κ3) is 3.86. The van der Waals surface area contributed by atoms with Crippen LogP contribution < -0.4 is 5.32 Å². The molecule has 0 radical (unpaired) electrons. The van der Waals surface area contributed by atoms with Crippen LogP contribution in [0.2, 0.25) is 0 Å². The standard InChI is InChI=1S/C19H19N3O/c1-14-10-15(2)12-18(11-14)21-19(23)17-6-4-16(5-7-17)13-22-9-3-8-20-22/h3-12H,13H2,1-2H3,(H,21,23). The molecule has 2 aromatic carbocycles. The van der Waals surface area contributed by atoms with Crippen molar-refractivity contribution in [2.75, 3.05) is 5.32 Å². The Morgan fingerprint density at radius 1 is 1.09 bits per heavy atom. The average Bonchev–Trinajstić information content (AvgIpc) is 3.00. The lowest BCUT2D eigenvalue weighted by molar-refractivity contribution is 0.102. The van der Waals surface area contributed by atoms with Crippen LogP contribution in [0, 0.1) is 13.8 Å². The van der Waals surface area contributed by atoms with Crippen molar-refractivity contribution < 1.29 is 4.79 Å². The molecule has 0 fully saturated rings. The van der Waals surface area contributed by atoms with E-state index in [0.717, 1.165) is 22.4 Å². The zero-order valence-corrected chi connectivity index (χ0v) is 13.3. The van der Waals surface area contributed by atoms with Gasteiger partial charge in [-0.25, -0.2) is 0 Å².